The molecule has 2 aromatic rings. The van der Waals surface area contributed by atoms with Crippen LogP contribution in [0.2, 0.25) is 0 Å². The number of carbonyl (C=O) groups excluding carboxylic acids is 3. The highest BCUT2D eigenvalue weighted by molar-refractivity contribution is 5.95. The summed E-state index contributed by atoms with van der Waals surface area (Å²) in [7, 11) is 0. The molecular formula is C19H19NO6. The van der Waals surface area contributed by atoms with E-state index in [4.69, 9.17) is 13.9 Å². The number of ether oxygens (including phenoxy) is 2. The van der Waals surface area contributed by atoms with Crippen molar-refractivity contribution in [3.8, 4) is 0 Å². The first kappa shape index (κ1) is 19.0. The molecule has 136 valence electrons. The summed E-state index contributed by atoms with van der Waals surface area (Å²) < 4.78 is 15.0. The topological polar surface area (TPSA) is 94.8 Å². The Morgan fingerprint density at radius 1 is 1.08 bits per heavy atom. The molecule has 0 fully saturated rings. The Morgan fingerprint density at radius 2 is 1.81 bits per heavy atom. The SMILES string of the molecule is CCOC(=O)c1ccc(NC(=O)COC(=O)/C=C/c2ccc(C)o2)cc1. The Balaban J connectivity index is 1.78. The Labute approximate surface area is 150 Å². The first-order valence-electron chi connectivity index (χ1n) is 7.96. The molecule has 26 heavy (non-hydrogen) atoms. The number of nitrogens with one attached hydrogen (secondary N) is 1. The number of esters is 2. The zero-order valence-electron chi connectivity index (χ0n) is 14.5. The Hall–Kier alpha value is -3.35. The van der Waals surface area contributed by atoms with Gasteiger partial charge in [-0.25, -0.2) is 9.59 Å². The number of anilines is 1. The van der Waals surface area contributed by atoms with Gasteiger partial charge in [0.15, 0.2) is 6.61 Å². The molecule has 7 nitrogen and oxygen atoms in total. The minimum atomic E-state index is -0.660. The second kappa shape index (κ2) is 9.22. The van der Waals surface area contributed by atoms with Gasteiger partial charge in [0.05, 0.1) is 12.2 Å². The van der Waals surface area contributed by atoms with Crippen LogP contribution >= 0.6 is 0 Å². The van der Waals surface area contributed by atoms with Crippen LogP contribution in [0.15, 0.2) is 46.9 Å². The third kappa shape index (κ3) is 5.94. The number of hydrogen-bond acceptors (Lipinski definition) is 6. The van der Waals surface area contributed by atoms with Gasteiger partial charge in [0, 0.05) is 11.8 Å². The molecule has 0 aliphatic carbocycles. The Bertz CT molecular complexity index is 804. The number of rotatable bonds is 7. The van der Waals surface area contributed by atoms with E-state index in [0.29, 0.717) is 17.0 Å². The van der Waals surface area contributed by atoms with Crippen LogP contribution in [-0.2, 0) is 19.1 Å². The number of amides is 1. The Kier molecular flexibility index (Phi) is 6.73. The molecule has 0 saturated carbocycles. The number of benzene rings is 1. The summed E-state index contributed by atoms with van der Waals surface area (Å²) >= 11 is 0. The van der Waals surface area contributed by atoms with Crippen molar-refractivity contribution in [3.05, 3.63) is 59.6 Å². The summed E-state index contributed by atoms with van der Waals surface area (Å²) in [5, 5.41) is 2.56. The van der Waals surface area contributed by atoms with Crippen LogP contribution in [0.25, 0.3) is 6.08 Å². The second-order valence-corrected chi connectivity index (χ2v) is 5.24. The molecule has 1 amide bonds. The molecule has 2 rings (SSSR count). The van der Waals surface area contributed by atoms with Crippen molar-refractivity contribution >= 4 is 29.6 Å². The predicted octanol–water partition coefficient (Wildman–Crippen LogP) is 2.96. The molecule has 0 radical (unpaired) electrons. The maximum atomic E-state index is 11.8. The largest absolute Gasteiger partial charge is 0.462 e. The summed E-state index contributed by atoms with van der Waals surface area (Å²) in [5.41, 5.74) is 0.857. The molecule has 1 aromatic carbocycles. The molecule has 7 heteroatoms. The van der Waals surface area contributed by atoms with Crippen LogP contribution in [0, 0.1) is 6.92 Å². The van der Waals surface area contributed by atoms with Crippen LogP contribution < -0.4 is 5.32 Å². The van der Waals surface area contributed by atoms with E-state index in [1.54, 1.807) is 38.1 Å². The lowest BCUT2D eigenvalue weighted by molar-refractivity contribution is -0.142. The summed E-state index contributed by atoms with van der Waals surface area (Å²) in [6.45, 7) is 3.37. The zero-order chi connectivity index (χ0) is 18.9. The highest BCUT2D eigenvalue weighted by atomic mass is 16.5. The van der Waals surface area contributed by atoms with Crippen LogP contribution in [0.5, 0.6) is 0 Å². The highest BCUT2D eigenvalue weighted by Crippen LogP contribution is 2.11. The van der Waals surface area contributed by atoms with Crippen molar-refractivity contribution in [1.29, 1.82) is 0 Å². The van der Waals surface area contributed by atoms with E-state index in [9.17, 15) is 14.4 Å². The van der Waals surface area contributed by atoms with Gasteiger partial charge in [-0.15, -0.1) is 0 Å². The van der Waals surface area contributed by atoms with Gasteiger partial charge in [-0.3, -0.25) is 4.79 Å². The third-order valence-electron chi connectivity index (χ3n) is 3.17. The molecular weight excluding hydrogens is 338 g/mol. The van der Waals surface area contributed by atoms with Crippen LogP contribution in [0.3, 0.4) is 0 Å². The van der Waals surface area contributed by atoms with Crippen molar-refractivity contribution in [3.63, 3.8) is 0 Å². The molecule has 0 atom stereocenters. The molecule has 0 saturated heterocycles. The van der Waals surface area contributed by atoms with E-state index in [2.05, 4.69) is 5.32 Å². The smallest absolute Gasteiger partial charge is 0.338 e. The minimum Gasteiger partial charge on any atom is -0.462 e. The molecule has 1 heterocycles. The molecule has 0 aliphatic heterocycles. The average Bonchev–Trinajstić information content (AvgIpc) is 3.04. The minimum absolute atomic E-state index is 0.288. The fourth-order valence-corrected chi connectivity index (χ4v) is 1.98. The van der Waals surface area contributed by atoms with Gasteiger partial charge in [0.2, 0.25) is 0 Å². The van der Waals surface area contributed by atoms with E-state index in [-0.39, 0.29) is 6.61 Å². The molecule has 0 bridgehead atoms. The summed E-state index contributed by atoms with van der Waals surface area (Å²) in [5.74, 6) is -0.342. The summed E-state index contributed by atoms with van der Waals surface area (Å²) in [4.78, 5) is 34.9. The van der Waals surface area contributed by atoms with Gasteiger partial charge in [0.25, 0.3) is 5.91 Å². The third-order valence-corrected chi connectivity index (χ3v) is 3.17. The number of hydrogen-bond donors (Lipinski definition) is 1. The van der Waals surface area contributed by atoms with Crippen molar-refractivity contribution in [2.75, 3.05) is 18.5 Å². The highest BCUT2D eigenvalue weighted by Gasteiger charge is 2.08. The van der Waals surface area contributed by atoms with Gasteiger partial charge in [-0.1, -0.05) is 0 Å². The molecule has 0 spiro atoms. The van der Waals surface area contributed by atoms with Gasteiger partial charge in [0.1, 0.15) is 11.5 Å². The monoisotopic (exact) mass is 357 g/mol. The second-order valence-electron chi connectivity index (χ2n) is 5.24. The van der Waals surface area contributed by atoms with Crippen molar-refractivity contribution < 1.29 is 28.3 Å². The van der Waals surface area contributed by atoms with Crippen molar-refractivity contribution in [2.45, 2.75) is 13.8 Å². The van der Waals surface area contributed by atoms with E-state index >= 15 is 0 Å². The van der Waals surface area contributed by atoms with E-state index in [0.717, 1.165) is 5.76 Å². The lowest BCUT2D eigenvalue weighted by Crippen LogP contribution is -2.20. The van der Waals surface area contributed by atoms with Gasteiger partial charge in [-0.05, 0) is 56.3 Å². The number of furan rings is 1. The van der Waals surface area contributed by atoms with Crippen LogP contribution in [-0.4, -0.2) is 31.1 Å². The zero-order valence-corrected chi connectivity index (χ0v) is 14.5. The van der Waals surface area contributed by atoms with Crippen molar-refractivity contribution in [2.24, 2.45) is 0 Å². The molecule has 0 unspecified atom stereocenters. The van der Waals surface area contributed by atoms with E-state index in [1.165, 1.54) is 24.3 Å². The fraction of sp³-hybridized carbons (Fsp3) is 0.211. The summed E-state index contributed by atoms with van der Waals surface area (Å²) in [6, 6.07) is 9.68. The lowest BCUT2D eigenvalue weighted by atomic mass is 10.2. The van der Waals surface area contributed by atoms with Crippen LogP contribution in [0.1, 0.15) is 28.8 Å². The van der Waals surface area contributed by atoms with Gasteiger partial charge in [-0.2, -0.15) is 0 Å². The van der Waals surface area contributed by atoms with Gasteiger partial charge < -0.3 is 19.2 Å². The first-order valence-corrected chi connectivity index (χ1v) is 7.96. The lowest BCUT2D eigenvalue weighted by Gasteiger charge is -2.06. The quantitative estimate of drug-likeness (QED) is 0.605. The standard InChI is InChI=1S/C19H19NO6/c1-3-24-19(23)14-5-7-15(8-6-14)20-17(21)12-25-18(22)11-10-16-9-4-13(2)26-16/h4-11H,3,12H2,1-2H3,(H,20,21)/b11-10+. The van der Waals surface area contributed by atoms with E-state index < -0.39 is 24.5 Å². The molecule has 0 aliphatic rings. The van der Waals surface area contributed by atoms with E-state index in [1.807, 2.05) is 0 Å². The maximum absolute atomic E-state index is 11.8. The summed E-state index contributed by atoms with van der Waals surface area (Å²) in [6.07, 6.45) is 2.64. The van der Waals surface area contributed by atoms with Crippen molar-refractivity contribution in [1.82, 2.24) is 0 Å². The normalized spacial score (nSPS) is 10.5. The molecule has 1 N–H and O–H groups in total. The average molecular weight is 357 g/mol. The number of aryl methyl sites for hydroxylation is 1. The molecule has 1 aromatic heterocycles. The number of carbonyl (C=O) groups is 3. The van der Waals surface area contributed by atoms with Crippen LogP contribution in [0.4, 0.5) is 5.69 Å². The maximum Gasteiger partial charge on any atom is 0.338 e. The van der Waals surface area contributed by atoms with Gasteiger partial charge >= 0.3 is 11.9 Å². The predicted molar refractivity (Wildman–Crippen MR) is 94.5 cm³/mol. The fourth-order valence-electron chi connectivity index (χ4n) is 1.98. The Morgan fingerprint density at radius 3 is 2.42 bits per heavy atom. The first-order chi connectivity index (χ1) is 12.5.